The predicted molar refractivity (Wildman–Crippen MR) is 86.1 cm³/mol. The first-order chi connectivity index (χ1) is 11.0. The third-order valence-corrected chi connectivity index (χ3v) is 3.58. The molecule has 0 aromatic heterocycles. The van der Waals surface area contributed by atoms with Crippen LogP contribution in [-0.2, 0) is 19.1 Å². The maximum absolute atomic E-state index is 12.2. The minimum Gasteiger partial charge on any atom is -0.383 e. The standard InChI is InChI=1S/C16H21N3O4/c1-11(20)18-13-4-3-5-14(9-13)19-10-12(8-15(19)21)16(22)17-6-7-23-2/h3-5,9,12H,6-8,10H2,1-2H3,(H,17,22)(H,18,20). The predicted octanol–water partition coefficient (Wildman–Crippen LogP) is 0.761. The Bertz CT molecular complexity index is 603. The fourth-order valence-corrected chi connectivity index (χ4v) is 2.51. The van der Waals surface area contributed by atoms with Crippen molar-refractivity contribution < 1.29 is 19.1 Å². The minimum absolute atomic E-state index is 0.100. The number of nitrogens with zero attached hydrogens (tertiary/aromatic N) is 1. The lowest BCUT2D eigenvalue weighted by Crippen LogP contribution is -2.34. The lowest BCUT2D eigenvalue weighted by molar-refractivity contribution is -0.126. The fraction of sp³-hybridized carbons (Fsp3) is 0.438. The van der Waals surface area contributed by atoms with Crippen LogP contribution in [-0.4, -0.2) is 44.5 Å². The van der Waals surface area contributed by atoms with Gasteiger partial charge in [-0.05, 0) is 18.2 Å². The number of rotatable bonds is 6. The summed E-state index contributed by atoms with van der Waals surface area (Å²) in [6.07, 6.45) is 0.184. The molecule has 1 aliphatic rings. The Labute approximate surface area is 135 Å². The molecule has 1 atom stereocenters. The van der Waals surface area contributed by atoms with E-state index in [9.17, 15) is 14.4 Å². The van der Waals surface area contributed by atoms with E-state index < -0.39 is 0 Å². The third-order valence-electron chi connectivity index (χ3n) is 3.58. The van der Waals surface area contributed by atoms with Gasteiger partial charge in [-0.1, -0.05) is 6.07 Å². The Kier molecular flexibility index (Phi) is 5.70. The zero-order chi connectivity index (χ0) is 16.8. The monoisotopic (exact) mass is 319 g/mol. The Morgan fingerprint density at radius 3 is 2.87 bits per heavy atom. The molecule has 1 aromatic carbocycles. The lowest BCUT2D eigenvalue weighted by atomic mass is 10.1. The van der Waals surface area contributed by atoms with Gasteiger partial charge in [-0.15, -0.1) is 0 Å². The number of ether oxygens (including phenoxy) is 1. The fourth-order valence-electron chi connectivity index (χ4n) is 2.51. The van der Waals surface area contributed by atoms with E-state index in [2.05, 4.69) is 10.6 Å². The summed E-state index contributed by atoms with van der Waals surface area (Å²) < 4.78 is 4.88. The quantitative estimate of drug-likeness (QED) is 0.758. The van der Waals surface area contributed by atoms with Crippen molar-refractivity contribution in [3.05, 3.63) is 24.3 Å². The maximum Gasteiger partial charge on any atom is 0.227 e. The average molecular weight is 319 g/mol. The van der Waals surface area contributed by atoms with Gasteiger partial charge in [0.25, 0.3) is 0 Å². The number of anilines is 2. The van der Waals surface area contributed by atoms with Crippen LogP contribution in [0, 0.1) is 5.92 Å². The van der Waals surface area contributed by atoms with Crippen LogP contribution < -0.4 is 15.5 Å². The summed E-state index contributed by atoms with van der Waals surface area (Å²) in [6, 6.07) is 7.03. The molecule has 0 aliphatic carbocycles. The van der Waals surface area contributed by atoms with Gasteiger partial charge in [0.2, 0.25) is 17.7 Å². The molecule has 1 fully saturated rings. The topological polar surface area (TPSA) is 87.7 Å². The molecule has 0 bridgehead atoms. The molecule has 23 heavy (non-hydrogen) atoms. The highest BCUT2D eigenvalue weighted by Gasteiger charge is 2.35. The Hall–Kier alpha value is -2.41. The van der Waals surface area contributed by atoms with E-state index in [0.29, 0.717) is 31.1 Å². The first-order valence-electron chi connectivity index (χ1n) is 7.46. The molecule has 2 N–H and O–H groups in total. The molecule has 0 saturated carbocycles. The summed E-state index contributed by atoms with van der Waals surface area (Å²) in [6.45, 7) is 2.63. The van der Waals surface area contributed by atoms with Gasteiger partial charge in [-0.3, -0.25) is 14.4 Å². The number of hydrogen-bond acceptors (Lipinski definition) is 4. The van der Waals surface area contributed by atoms with Gasteiger partial charge in [-0.25, -0.2) is 0 Å². The van der Waals surface area contributed by atoms with Crippen LogP contribution in [0.5, 0.6) is 0 Å². The van der Waals surface area contributed by atoms with Crippen molar-refractivity contribution >= 4 is 29.1 Å². The van der Waals surface area contributed by atoms with Crippen LogP contribution in [0.4, 0.5) is 11.4 Å². The number of amides is 3. The van der Waals surface area contributed by atoms with Crippen LogP contribution in [0.1, 0.15) is 13.3 Å². The number of benzene rings is 1. The molecule has 1 unspecified atom stereocenters. The summed E-state index contributed by atoms with van der Waals surface area (Å²) in [4.78, 5) is 36.9. The largest absolute Gasteiger partial charge is 0.383 e. The minimum atomic E-state index is -0.372. The molecule has 0 radical (unpaired) electrons. The zero-order valence-electron chi connectivity index (χ0n) is 13.3. The van der Waals surface area contributed by atoms with E-state index >= 15 is 0 Å². The van der Waals surface area contributed by atoms with Crippen LogP contribution >= 0.6 is 0 Å². The van der Waals surface area contributed by atoms with Crippen molar-refractivity contribution in [1.29, 1.82) is 0 Å². The van der Waals surface area contributed by atoms with Crippen molar-refractivity contribution in [3.8, 4) is 0 Å². The van der Waals surface area contributed by atoms with E-state index in [1.165, 1.54) is 6.92 Å². The van der Waals surface area contributed by atoms with Gasteiger partial charge >= 0.3 is 0 Å². The average Bonchev–Trinajstić information content (AvgIpc) is 2.89. The summed E-state index contributed by atoms with van der Waals surface area (Å²) >= 11 is 0. The molecular weight excluding hydrogens is 298 g/mol. The molecule has 0 spiro atoms. The van der Waals surface area contributed by atoms with E-state index in [1.807, 2.05) is 0 Å². The SMILES string of the molecule is COCCNC(=O)C1CC(=O)N(c2cccc(NC(C)=O)c2)C1. The number of nitrogens with one attached hydrogen (secondary N) is 2. The highest BCUT2D eigenvalue weighted by atomic mass is 16.5. The molecule has 2 rings (SSSR count). The van der Waals surface area contributed by atoms with E-state index in [4.69, 9.17) is 4.74 Å². The second-order valence-electron chi connectivity index (χ2n) is 5.42. The summed E-state index contributed by atoms with van der Waals surface area (Å²) in [7, 11) is 1.56. The molecule has 7 nitrogen and oxygen atoms in total. The van der Waals surface area contributed by atoms with E-state index in [0.717, 1.165) is 0 Å². The molecule has 124 valence electrons. The number of carbonyl (C=O) groups is 3. The van der Waals surface area contributed by atoms with Crippen molar-refractivity contribution in [1.82, 2.24) is 5.32 Å². The number of methoxy groups -OCH3 is 1. The van der Waals surface area contributed by atoms with Crippen molar-refractivity contribution in [2.75, 3.05) is 37.0 Å². The Balaban J connectivity index is 2.02. The van der Waals surface area contributed by atoms with Crippen LogP contribution in [0.2, 0.25) is 0 Å². The molecule has 1 aromatic rings. The van der Waals surface area contributed by atoms with Gasteiger partial charge in [0, 0.05) is 44.9 Å². The molecule has 1 saturated heterocycles. The summed E-state index contributed by atoms with van der Waals surface area (Å²) in [5.41, 5.74) is 1.30. The third kappa shape index (κ3) is 4.53. The molecule has 1 heterocycles. The molecule has 7 heteroatoms. The van der Waals surface area contributed by atoms with Gasteiger partial charge < -0.3 is 20.3 Å². The van der Waals surface area contributed by atoms with Gasteiger partial charge in [0.15, 0.2) is 0 Å². The highest BCUT2D eigenvalue weighted by Crippen LogP contribution is 2.27. The van der Waals surface area contributed by atoms with Gasteiger partial charge in [0.05, 0.1) is 12.5 Å². The van der Waals surface area contributed by atoms with Gasteiger partial charge in [-0.2, -0.15) is 0 Å². The smallest absolute Gasteiger partial charge is 0.227 e. The summed E-state index contributed by atoms with van der Waals surface area (Å²) in [5.74, 6) is -0.790. The summed E-state index contributed by atoms with van der Waals surface area (Å²) in [5, 5.41) is 5.44. The van der Waals surface area contributed by atoms with Crippen LogP contribution in [0.25, 0.3) is 0 Å². The normalized spacial score (nSPS) is 17.2. The van der Waals surface area contributed by atoms with Crippen molar-refractivity contribution in [2.24, 2.45) is 5.92 Å². The lowest BCUT2D eigenvalue weighted by Gasteiger charge is -2.17. The Morgan fingerprint density at radius 2 is 2.17 bits per heavy atom. The Morgan fingerprint density at radius 1 is 1.39 bits per heavy atom. The van der Waals surface area contributed by atoms with Crippen molar-refractivity contribution in [2.45, 2.75) is 13.3 Å². The van der Waals surface area contributed by atoms with E-state index in [1.54, 1.807) is 36.3 Å². The van der Waals surface area contributed by atoms with E-state index in [-0.39, 0.29) is 30.1 Å². The van der Waals surface area contributed by atoms with Crippen molar-refractivity contribution in [3.63, 3.8) is 0 Å². The van der Waals surface area contributed by atoms with Crippen LogP contribution in [0.3, 0.4) is 0 Å². The highest BCUT2D eigenvalue weighted by molar-refractivity contribution is 6.01. The first kappa shape index (κ1) is 17.0. The number of carbonyl (C=O) groups excluding carboxylic acids is 3. The van der Waals surface area contributed by atoms with Gasteiger partial charge in [0.1, 0.15) is 0 Å². The second-order valence-corrected chi connectivity index (χ2v) is 5.42. The molecule has 1 aliphatic heterocycles. The second kappa shape index (κ2) is 7.73. The molecule has 3 amide bonds. The number of hydrogen-bond donors (Lipinski definition) is 2. The first-order valence-corrected chi connectivity index (χ1v) is 7.46. The van der Waals surface area contributed by atoms with Crippen LogP contribution in [0.15, 0.2) is 24.3 Å². The maximum atomic E-state index is 12.2. The zero-order valence-corrected chi connectivity index (χ0v) is 13.3. The molecular formula is C16H21N3O4.